The van der Waals surface area contributed by atoms with E-state index in [9.17, 15) is 9.59 Å². The number of hydrogen-bond donors (Lipinski definition) is 2. The molecule has 2 amide bonds. The summed E-state index contributed by atoms with van der Waals surface area (Å²) in [7, 11) is 0. The lowest BCUT2D eigenvalue weighted by atomic mass is 9.75. The fourth-order valence-electron chi connectivity index (χ4n) is 6.97. The van der Waals surface area contributed by atoms with E-state index >= 15 is 0 Å². The molecular weight excluding hydrogens is 482 g/mol. The number of hydrogen-bond acceptors (Lipinski definition) is 3. The van der Waals surface area contributed by atoms with Crippen LogP contribution in [0.15, 0.2) is 77.9 Å². The summed E-state index contributed by atoms with van der Waals surface area (Å²) in [5.74, 6) is 0.596. The molecule has 1 saturated heterocycles. The number of amides is 2. The topological polar surface area (TPSA) is 61.4 Å². The molecule has 2 aliphatic heterocycles. The highest BCUT2D eigenvalue weighted by molar-refractivity contribution is 6.31. The third-order valence-electron chi connectivity index (χ3n) is 8.78. The van der Waals surface area contributed by atoms with Crippen LogP contribution in [0.25, 0.3) is 0 Å². The Morgan fingerprint density at radius 3 is 2.57 bits per heavy atom. The molecule has 1 saturated carbocycles. The number of halogens is 1. The number of nitrogens with zero attached hydrogens (tertiary/aromatic N) is 1. The maximum atomic E-state index is 14.2. The zero-order valence-corrected chi connectivity index (χ0v) is 21.7. The molecule has 1 unspecified atom stereocenters. The van der Waals surface area contributed by atoms with Crippen LogP contribution in [0.5, 0.6) is 0 Å². The molecule has 2 aromatic rings. The molecule has 0 spiro atoms. The quantitative estimate of drug-likeness (QED) is 0.520. The Bertz CT molecular complexity index is 1230. The first kappa shape index (κ1) is 24.3. The lowest BCUT2D eigenvalue weighted by Crippen LogP contribution is -2.51. The van der Waals surface area contributed by atoms with Crippen LogP contribution in [0.4, 0.5) is 5.69 Å². The van der Waals surface area contributed by atoms with E-state index in [1.807, 2.05) is 36.4 Å². The highest BCUT2D eigenvalue weighted by Crippen LogP contribution is 2.49. The minimum Gasteiger partial charge on any atom is -0.381 e. The summed E-state index contributed by atoms with van der Waals surface area (Å²) in [6, 6.07) is 17.9. The smallest absolute Gasteiger partial charge is 0.251 e. The molecule has 2 aliphatic carbocycles. The Morgan fingerprint density at radius 1 is 0.973 bits per heavy atom. The van der Waals surface area contributed by atoms with Crippen LogP contribution in [0, 0.1) is 17.8 Å². The van der Waals surface area contributed by atoms with Crippen LogP contribution >= 0.6 is 11.6 Å². The molecular formula is C31H34ClN3O2. The van der Waals surface area contributed by atoms with Gasteiger partial charge < -0.3 is 15.5 Å². The van der Waals surface area contributed by atoms with Gasteiger partial charge in [0, 0.05) is 46.7 Å². The normalized spacial score (nSPS) is 30.5. The molecule has 4 aliphatic rings. The van der Waals surface area contributed by atoms with Crippen molar-refractivity contribution in [3.05, 3.63) is 89.0 Å². The van der Waals surface area contributed by atoms with Crippen molar-refractivity contribution in [3.63, 3.8) is 0 Å². The van der Waals surface area contributed by atoms with Gasteiger partial charge in [-0.3, -0.25) is 9.59 Å². The summed E-state index contributed by atoms with van der Waals surface area (Å²) in [6.45, 7) is 0.754. The van der Waals surface area contributed by atoms with Gasteiger partial charge in [-0.1, -0.05) is 73.0 Å². The molecule has 5 nitrogen and oxygen atoms in total. The van der Waals surface area contributed by atoms with Gasteiger partial charge in [0.1, 0.15) is 0 Å². The highest BCUT2D eigenvalue weighted by atomic mass is 35.5. The van der Waals surface area contributed by atoms with Gasteiger partial charge in [0.15, 0.2) is 0 Å². The number of nitrogens with one attached hydrogen (secondary N) is 2. The van der Waals surface area contributed by atoms with Crippen molar-refractivity contribution in [1.29, 1.82) is 0 Å². The molecule has 37 heavy (non-hydrogen) atoms. The van der Waals surface area contributed by atoms with Crippen molar-refractivity contribution in [2.45, 2.75) is 56.7 Å². The van der Waals surface area contributed by atoms with E-state index in [1.54, 1.807) is 0 Å². The standard InChI is InChI=1S/C31H34ClN3O2/c32-22-16-14-20(15-17-22)28-25-18-19-35(29(25)23-10-4-6-12-26(23)33-28)31(37)24-11-5-7-13-27(24)34-30(36)21-8-2-1-3-9-21/h1-4,6,8-10,12,14,16-17,20,24-25,27-29,33H,5,7,11,13,15,18-19H2,(H,34,36)/t20?,24-,25+,27+,28-,29-/m0/s1. The van der Waals surface area contributed by atoms with Crippen molar-refractivity contribution in [3.8, 4) is 0 Å². The van der Waals surface area contributed by atoms with E-state index in [4.69, 9.17) is 11.6 Å². The zero-order valence-electron chi connectivity index (χ0n) is 21.0. The SMILES string of the molecule is O=C(N[C@@H]1CCCC[C@@H]1C(=O)N1CC[C@@H]2[C@H](C3C=CC(Cl)=CC3)Nc3ccccc3[C@@H]21)c1ccccc1. The number of carbonyl (C=O) groups is 2. The van der Waals surface area contributed by atoms with Gasteiger partial charge in [-0.05, 0) is 55.5 Å². The number of anilines is 1. The fraction of sp³-hybridized carbons (Fsp3) is 0.419. The van der Waals surface area contributed by atoms with Crippen LogP contribution in [-0.4, -0.2) is 35.3 Å². The molecule has 6 rings (SSSR count). The summed E-state index contributed by atoms with van der Waals surface area (Å²) in [5, 5.41) is 7.84. The lowest BCUT2D eigenvalue weighted by Gasteiger charge is -2.44. The van der Waals surface area contributed by atoms with Crippen LogP contribution in [-0.2, 0) is 4.79 Å². The summed E-state index contributed by atoms with van der Waals surface area (Å²) in [4.78, 5) is 29.3. The van der Waals surface area contributed by atoms with Crippen LogP contribution in [0.2, 0.25) is 0 Å². The molecule has 0 bridgehead atoms. The fourth-order valence-corrected chi connectivity index (χ4v) is 7.13. The number of para-hydroxylation sites is 1. The highest BCUT2D eigenvalue weighted by Gasteiger charge is 2.49. The van der Waals surface area contributed by atoms with Crippen LogP contribution in [0.1, 0.15) is 60.5 Å². The third kappa shape index (κ3) is 4.70. The van der Waals surface area contributed by atoms with E-state index < -0.39 is 0 Å². The maximum Gasteiger partial charge on any atom is 0.251 e. The molecule has 2 N–H and O–H groups in total. The van der Waals surface area contributed by atoms with Crippen LogP contribution in [0.3, 0.4) is 0 Å². The first-order valence-corrected chi connectivity index (χ1v) is 14.0. The van der Waals surface area contributed by atoms with E-state index in [-0.39, 0.29) is 35.9 Å². The summed E-state index contributed by atoms with van der Waals surface area (Å²) in [6.07, 6.45) is 11.9. The van der Waals surface area contributed by atoms with Crippen molar-refractivity contribution < 1.29 is 9.59 Å². The van der Waals surface area contributed by atoms with E-state index in [2.05, 4.69) is 52.0 Å². The van der Waals surface area contributed by atoms with Gasteiger partial charge in [0.2, 0.25) is 5.91 Å². The second-order valence-electron chi connectivity index (χ2n) is 10.9. The Labute approximate surface area is 224 Å². The van der Waals surface area contributed by atoms with E-state index in [0.29, 0.717) is 17.4 Å². The molecule has 6 heteroatoms. The molecule has 0 aromatic heterocycles. The van der Waals surface area contributed by atoms with Gasteiger partial charge in [-0.15, -0.1) is 0 Å². The average Bonchev–Trinajstić information content (AvgIpc) is 3.39. The van der Waals surface area contributed by atoms with Crippen LogP contribution < -0.4 is 10.6 Å². The largest absolute Gasteiger partial charge is 0.381 e. The second-order valence-corrected chi connectivity index (χ2v) is 11.3. The zero-order chi connectivity index (χ0) is 25.4. The minimum atomic E-state index is -0.183. The first-order valence-electron chi connectivity index (χ1n) is 13.7. The van der Waals surface area contributed by atoms with Crippen molar-refractivity contribution in [2.24, 2.45) is 17.8 Å². The summed E-state index contributed by atoms with van der Waals surface area (Å²) < 4.78 is 0. The molecule has 6 atom stereocenters. The molecule has 2 aromatic carbocycles. The average molecular weight is 516 g/mol. The predicted molar refractivity (Wildman–Crippen MR) is 147 cm³/mol. The van der Waals surface area contributed by atoms with Crippen molar-refractivity contribution in [2.75, 3.05) is 11.9 Å². The minimum absolute atomic E-state index is 0.0529. The van der Waals surface area contributed by atoms with Gasteiger partial charge in [0.05, 0.1) is 12.0 Å². The number of benzene rings is 2. The Hall–Kier alpha value is -3.05. The second kappa shape index (κ2) is 10.4. The third-order valence-corrected chi connectivity index (χ3v) is 9.06. The predicted octanol–water partition coefficient (Wildman–Crippen LogP) is 6.06. The number of carbonyl (C=O) groups excluding carboxylic acids is 2. The molecule has 0 radical (unpaired) electrons. The number of rotatable bonds is 4. The van der Waals surface area contributed by atoms with E-state index in [1.165, 1.54) is 5.56 Å². The Morgan fingerprint density at radius 2 is 1.76 bits per heavy atom. The van der Waals surface area contributed by atoms with E-state index in [0.717, 1.165) is 55.8 Å². The van der Waals surface area contributed by atoms with Crippen molar-refractivity contribution in [1.82, 2.24) is 10.2 Å². The monoisotopic (exact) mass is 515 g/mol. The van der Waals surface area contributed by atoms with Gasteiger partial charge in [0.25, 0.3) is 5.91 Å². The van der Waals surface area contributed by atoms with Gasteiger partial charge in [-0.25, -0.2) is 0 Å². The van der Waals surface area contributed by atoms with Gasteiger partial charge >= 0.3 is 0 Å². The first-order chi connectivity index (χ1) is 18.1. The molecule has 192 valence electrons. The summed E-state index contributed by atoms with van der Waals surface area (Å²) >= 11 is 6.22. The maximum absolute atomic E-state index is 14.2. The Kier molecular flexibility index (Phi) is 6.81. The van der Waals surface area contributed by atoms with Crippen molar-refractivity contribution >= 4 is 29.1 Å². The summed E-state index contributed by atoms with van der Waals surface area (Å²) in [5.41, 5.74) is 2.98. The number of likely N-dealkylation sites (tertiary alicyclic amines) is 1. The van der Waals surface area contributed by atoms with Gasteiger partial charge in [-0.2, -0.15) is 0 Å². The lowest BCUT2D eigenvalue weighted by molar-refractivity contribution is -0.139. The number of fused-ring (bicyclic) bond motifs is 3. The Balaban J connectivity index is 1.26. The molecule has 2 heterocycles. The molecule has 2 fully saturated rings. The number of allylic oxidation sites excluding steroid dienone is 3.